The number of nitrogens with zero attached hydrogens (tertiary/aromatic N) is 2. The minimum absolute atomic E-state index is 0.163. The van der Waals surface area contributed by atoms with Gasteiger partial charge in [-0.2, -0.15) is 0 Å². The molecule has 6 nitrogen and oxygen atoms in total. The average molecular weight is 432 g/mol. The van der Waals surface area contributed by atoms with Crippen molar-refractivity contribution in [3.05, 3.63) is 77.8 Å². The van der Waals surface area contributed by atoms with Crippen LogP contribution in [-0.4, -0.2) is 24.9 Å². The fraction of sp³-hybridized carbons (Fsp3) is 0.0500. The molecule has 0 aliphatic rings. The number of hydrogen-bond donors (Lipinski definition) is 1. The number of halogens is 2. The molecule has 4 rings (SSSR count). The van der Waals surface area contributed by atoms with Crippen molar-refractivity contribution >= 4 is 33.0 Å². The van der Waals surface area contributed by atoms with Gasteiger partial charge in [-0.05, 0) is 48.5 Å². The van der Waals surface area contributed by atoms with Gasteiger partial charge in [0.05, 0.1) is 28.4 Å². The van der Waals surface area contributed by atoms with Crippen LogP contribution >= 0.6 is 11.6 Å². The van der Waals surface area contributed by atoms with Crippen LogP contribution in [0.25, 0.3) is 16.9 Å². The second kappa shape index (κ2) is 7.38. The number of benzene rings is 2. The second-order valence-electron chi connectivity index (χ2n) is 6.19. The van der Waals surface area contributed by atoms with E-state index >= 15 is 0 Å². The number of imidazole rings is 1. The summed E-state index contributed by atoms with van der Waals surface area (Å²) in [4.78, 5) is 4.38. The van der Waals surface area contributed by atoms with Crippen LogP contribution in [-0.2, 0) is 10.0 Å². The lowest BCUT2D eigenvalue weighted by atomic mass is 10.1. The summed E-state index contributed by atoms with van der Waals surface area (Å²) in [5.74, 6) is -0.369. The number of methoxy groups -OCH3 is 1. The first-order chi connectivity index (χ1) is 13.9. The number of pyridine rings is 1. The zero-order valence-corrected chi connectivity index (χ0v) is 16.7. The van der Waals surface area contributed by atoms with Crippen LogP contribution in [0.15, 0.2) is 71.9 Å². The van der Waals surface area contributed by atoms with E-state index in [0.717, 1.165) is 23.8 Å². The topological polar surface area (TPSA) is 72.7 Å². The van der Waals surface area contributed by atoms with Crippen LogP contribution in [0.1, 0.15) is 0 Å². The Morgan fingerprint density at radius 2 is 1.97 bits per heavy atom. The molecule has 0 saturated carbocycles. The summed E-state index contributed by atoms with van der Waals surface area (Å²) in [5.41, 5.74) is 2.36. The Morgan fingerprint density at radius 1 is 1.14 bits per heavy atom. The van der Waals surface area contributed by atoms with Gasteiger partial charge in [0.15, 0.2) is 0 Å². The fourth-order valence-electron chi connectivity index (χ4n) is 2.87. The Morgan fingerprint density at radius 3 is 2.69 bits per heavy atom. The zero-order valence-electron chi connectivity index (χ0n) is 15.1. The van der Waals surface area contributed by atoms with Crippen LogP contribution in [0.2, 0.25) is 5.02 Å². The Labute approximate surface area is 171 Å². The molecule has 0 radical (unpaired) electrons. The lowest BCUT2D eigenvalue weighted by Gasteiger charge is -2.13. The minimum Gasteiger partial charge on any atom is -0.495 e. The van der Waals surface area contributed by atoms with Gasteiger partial charge >= 0.3 is 0 Å². The van der Waals surface area contributed by atoms with Gasteiger partial charge in [-0.1, -0.05) is 17.7 Å². The van der Waals surface area contributed by atoms with Gasteiger partial charge in [-0.25, -0.2) is 17.8 Å². The fourth-order valence-corrected chi connectivity index (χ4v) is 4.20. The number of sulfonamides is 1. The van der Waals surface area contributed by atoms with Crippen molar-refractivity contribution in [2.24, 2.45) is 0 Å². The highest BCUT2D eigenvalue weighted by atomic mass is 35.5. The standard InChI is InChI=1S/C20H15ClFN3O3S/c1-28-19-8-5-13(18-12-25-9-3-2-4-20(25)23-18)10-17(19)24-29(26,27)14-6-7-16(22)15(21)11-14/h2-12,24H,1H3. The van der Waals surface area contributed by atoms with E-state index in [1.165, 1.54) is 7.11 Å². The number of fused-ring (bicyclic) bond motifs is 1. The molecule has 0 amide bonds. The summed E-state index contributed by atoms with van der Waals surface area (Å²) in [7, 11) is -2.58. The number of aromatic nitrogens is 2. The van der Waals surface area contributed by atoms with Crippen LogP contribution in [0.3, 0.4) is 0 Å². The molecule has 0 spiro atoms. The Balaban J connectivity index is 1.74. The predicted molar refractivity (Wildman–Crippen MR) is 109 cm³/mol. The third-order valence-corrected chi connectivity index (χ3v) is 5.96. The summed E-state index contributed by atoms with van der Waals surface area (Å²) in [6, 6.07) is 13.9. The molecule has 148 valence electrons. The maximum atomic E-state index is 13.4. The quantitative estimate of drug-likeness (QED) is 0.501. The molecule has 0 unspecified atom stereocenters. The minimum atomic E-state index is -4.02. The summed E-state index contributed by atoms with van der Waals surface area (Å²) < 4.78 is 48.5. The lowest BCUT2D eigenvalue weighted by molar-refractivity contribution is 0.417. The monoisotopic (exact) mass is 431 g/mol. The van der Waals surface area contributed by atoms with Crippen molar-refractivity contribution in [3.63, 3.8) is 0 Å². The Hall–Kier alpha value is -3.10. The largest absolute Gasteiger partial charge is 0.495 e. The highest BCUT2D eigenvalue weighted by Gasteiger charge is 2.19. The molecule has 29 heavy (non-hydrogen) atoms. The van der Waals surface area contributed by atoms with E-state index in [9.17, 15) is 12.8 Å². The summed E-state index contributed by atoms with van der Waals surface area (Å²) in [5, 5.41) is -0.279. The Bertz CT molecular complexity index is 1290. The number of ether oxygens (including phenoxy) is 1. The summed E-state index contributed by atoms with van der Waals surface area (Å²) >= 11 is 5.72. The van der Waals surface area contributed by atoms with Gasteiger partial charge in [-0.15, -0.1) is 0 Å². The molecule has 9 heteroatoms. The highest BCUT2D eigenvalue weighted by Crippen LogP contribution is 2.32. The first kappa shape index (κ1) is 19.2. The van der Waals surface area contributed by atoms with E-state index in [1.807, 2.05) is 35.0 Å². The number of hydrogen-bond acceptors (Lipinski definition) is 4. The lowest BCUT2D eigenvalue weighted by Crippen LogP contribution is -2.14. The molecule has 2 aromatic heterocycles. The molecule has 4 aromatic rings. The maximum Gasteiger partial charge on any atom is 0.262 e. The van der Waals surface area contributed by atoms with E-state index in [4.69, 9.17) is 16.3 Å². The van der Waals surface area contributed by atoms with Gasteiger partial charge < -0.3 is 9.14 Å². The zero-order chi connectivity index (χ0) is 20.6. The first-order valence-corrected chi connectivity index (χ1v) is 10.3. The normalized spacial score (nSPS) is 11.6. The molecule has 0 atom stereocenters. The van der Waals surface area contributed by atoms with Gasteiger partial charge in [0, 0.05) is 18.0 Å². The number of rotatable bonds is 5. The van der Waals surface area contributed by atoms with E-state index in [2.05, 4.69) is 9.71 Å². The summed E-state index contributed by atoms with van der Waals surface area (Å²) in [6.07, 6.45) is 3.71. The van der Waals surface area contributed by atoms with Crippen molar-refractivity contribution < 1.29 is 17.5 Å². The van der Waals surface area contributed by atoms with Crippen molar-refractivity contribution in [3.8, 4) is 17.0 Å². The maximum absolute atomic E-state index is 13.4. The van der Waals surface area contributed by atoms with E-state index < -0.39 is 15.8 Å². The van der Waals surface area contributed by atoms with Crippen LogP contribution < -0.4 is 9.46 Å². The van der Waals surface area contributed by atoms with Crippen LogP contribution in [0, 0.1) is 5.82 Å². The molecule has 0 fully saturated rings. The van der Waals surface area contributed by atoms with Crippen LogP contribution in [0.4, 0.5) is 10.1 Å². The van der Waals surface area contributed by atoms with Crippen molar-refractivity contribution in [2.45, 2.75) is 4.90 Å². The third kappa shape index (κ3) is 3.76. The smallest absolute Gasteiger partial charge is 0.262 e. The van der Waals surface area contributed by atoms with Crippen molar-refractivity contribution in [1.82, 2.24) is 9.38 Å². The van der Waals surface area contributed by atoms with Gasteiger partial charge in [0.25, 0.3) is 10.0 Å². The second-order valence-corrected chi connectivity index (χ2v) is 8.28. The van der Waals surface area contributed by atoms with Crippen LogP contribution in [0.5, 0.6) is 5.75 Å². The summed E-state index contributed by atoms with van der Waals surface area (Å²) in [6.45, 7) is 0. The number of anilines is 1. The van der Waals surface area contributed by atoms with E-state index in [1.54, 1.807) is 18.2 Å². The molecule has 0 aliphatic carbocycles. The highest BCUT2D eigenvalue weighted by molar-refractivity contribution is 7.92. The average Bonchev–Trinajstić information content (AvgIpc) is 3.14. The molecule has 0 bridgehead atoms. The van der Waals surface area contributed by atoms with Crippen molar-refractivity contribution in [1.29, 1.82) is 0 Å². The van der Waals surface area contributed by atoms with Gasteiger partial charge in [0.2, 0.25) is 0 Å². The van der Waals surface area contributed by atoms with E-state index in [-0.39, 0.29) is 15.6 Å². The Kier molecular flexibility index (Phi) is 4.89. The third-order valence-electron chi connectivity index (χ3n) is 4.30. The molecular formula is C20H15ClFN3O3S. The van der Waals surface area contributed by atoms with Gasteiger partial charge in [-0.3, -0.25) is 4.72 Å². The molecule has 2 heterocycles. The molecule has 1 N–H and O–H groups in total. The van der Waals surface area contributed by atoms with Gasteiger partial charge in [0.1, 0.15) is 17.2 Å². The first-order valence-electron chi connectivity index (χ1n) is 8.47. The molecule has 0 saturated heterocycles. The molecular weight excluding hydrogens is 417 g/mol. The SMILES string of the molecule is COc1ccc(-c2cn3ccccc3n2)cc1NS(=O)(=O)c1ccc(F)c(Cl)c1. The van der Waals surface area contributed by atoms with Crippen molar-refractivity contribution in [2.75, 3.05) is 11.8 Å². The molecule has 2 aromatic carbocycles. The molecule has 0 aliphatic heterocycles. The predicted octanol–water partition coefficient (Wildman–Crippen LogP) is 4.60. The van der Waals surface area contributed by atoms with E-state index in [0.29, 0.717) is 17.0 Å². The number of nitrogens with one attached hydrogen (secondary N) is 1.